The van der Waals surface area contributed by atoms with Gasteiger partial charge in [0.2, 0.25) is 11.8 Å². The predicted molar refractivity (Wildman–Crippen MR) is 68.7 cm³/mol. The Bertz CT molecular complexity index is 488. The highest BCUT2D eigenvalue weighted by Gasteiger charge is 2.19. The standard InChI is InChI=1S/C12H13ClN2O3/c1-2-12(15-18-13)17-10-5-3-4-9-8(10)6-7-11(16)14-9/h3-5H,2,6-7H2,1H3,(H,14,16)/b15-12+. The molecule has 2 rings (SSSR count). The third-order valence-electron chi connectivity index (χ3n) is 2.68. The van der Waals surface area contributed by atoms with Crippen molar-refractivity contribution in [3.8, 4) is 5.75 Å². The van der Waals surface area contributed by atoms with Crippen molar-refractivity contribution in [3.63, 3.8) is 0 Å². The maximum Gasteiger partial charge on any atom is 0.233 e. The highest BCUT2D eigenvalue weighted by atomic mass is 35.5. The lowest BCUT2D eigenvalue weighted by molar-refractivity contribution is -0.116. The fourth-order valence-electron chi connectivity index (χ4n) is 1.81. The first-order valence-electron chi connectivity index (χ1n) is 5.68. The Labute approximate surface area is 110 Å². The van der Waals surface area contributed by atoms with E-state index in [1.165, 1.54) is 0 Å². The molecular formula is C12H13ClN2O3. The second kappa shape index (κ2) is 5.73. The van der Waals surface area contributed by atoms with Crippen molar-refractivity contribution in [2.24, 2.45) is 5.16 Å². The summed E-state index contributed by atoms with van der Waals surface area (Å²) in [6, 6.07) is 5.49. The van der Waals surface area contributed by atoms with Crippen LogP contribution in [0.1, 0.15) is 25.3 Å². The molecule has 96 valence electrons. The van der Waals surface area contributed by atoms with Crippen LogP contribution in [0.15, 0.2) is 23.4 Å². The van der Waals surface area contributed by atoms with Crippen molar-refractivity contribution in [1.82, 2.24) is 0 Å². The molecule has 0 atom stereocenters. The van der Waals surface area contributed by atoms with Crippen molar-refractivity contribution >= 4 is 29.4 Å². The smallest absolute Gasteiger partial charge is 0.233 e. The summed E-state index contributed by atoms with van der Waals surface area (Å²) in [4.78, 5) is 11.3. The number of hydrogen-bond acceptors (Lipinski definition) is 4. The Morgan fingerprint density at radius 3 is 3.06 bits per heavy atom. The second-order valence-electron chi connectivity index (χ2n) is 3.84. The molecule has 5 nitrogen and oxygen atoms in total. The van der Waals surface area contributed by atoms with Crippen LogP contribution in [0.5, 0.6) is 5.75 Å². The van der Waals surface area contributed by atoms with Crippen LogP contribution < -0.4 is 10.1 Å². The first-order valence-corrected chi connectivity index (χ1v) is 5.99. The van der Waals surface area contributed by atoms with E-state index >= 15 is 0 Å². The van der Waals surface area contributed by atoms with Gasteiger partial charge in [0.25, 0.3) is 0 Å². The van der Waals surface area contributed by atoms with Crippen LogP contribution in [-0.4, -0.2) is 11.8 Å². The first-order chi connectivity index (χ1) is 8.74. The Hall–Kier alpha value is -1.75. The topological polar surface area (TPSA) is 59.9 Å². The molecule has 1 N–H and O–H groups in total. The van der Waals surface area contributed by atoms with Gasteiger partial charge in [0.1, 0.15) is 5.75 Å². The summed E-state index contributed by atoms with van der Waals surface area (Å²) >= 11 is 5.08. The number of halogens is 1. The minimum atomic E-state index is 0.0214. The van der Waals surface area contributed by atoms with Crippen LogP contribution in [0, 0.1) is 0 Å². The number of ether oxygens (including phenoxy) is 1. The minimum absolute atomic E-state index is 0.0214. The average Bonchev–Trinajstić information content (AvgIpc) is 2.38. The monoisotopic (exact) mass is 268 g/mol. The molecule has 0 saturated heterocycles. The molecule has 0 saturated carbocycles. The van der Waals surface area contributed by atoms with Gasteiger partial charge in [-0.25, -0.2) is 0 Å². The molecule has 0 spiro atoms. The van der Waals surface area contributed by atoms with Crippen LogP contribution in [-0.2, 0) is 15.6 Å². The number of nitrogens with zero attached hydrogens (tertiary/aromatic N) is 1. The molecule has 1 aliphatic rings. The molecule has 6 heteroatoms. The van der Waals surface area contributed by atoms with Crippen molar-refractivity contribution in [3.05, 3.63) is 23.8 Å². The molecule has 0 bridgehead atoms. The number of oxime groups is 1. The molecule has 18 heavy (non-hydrogen) atoms. The number of rotatable bonds is 3. The number of benzene rings is 1. The van der Waals surface area contributed by atoms with Gasteiger partial charge in [-0.15, -0.1) is 0 Å². The van der Waals surface area contributed by atoms with Gasteiger partial charge in [-0.05, 0) is 23.7 Å². The zero-order valence-electron chi connectivity index (χ0n) is 9.90. The van der Waals surface area contributed by atoms with Crippen LogP contribution in [0.4, 0.5) is 5.69 Å². The van der Waals surface area contributed by atoms with Crippen molar-refractivity contribution < 1.29 is 13.9 Å². The van der Waals surface area contributed by atoms with Crippen molar-refractivity contribution in [2.75, 3.05) is 5.32 Å². The molecule has 1 aromatic rings. The number of nitrogens with one attached hydrogen (secondary N) is 1. The lowest BCUT2D eigenvalue weighted by Gasteiger charge is -2.19. The van der Waals surface area contributed by atoms with Gasteiger partial charge in [-0.3, -0.25) is 9.18 Å². The number of amides is 1. The minimum Gasteiger partial charge on any atom is -0.439 e. The molecule has 0 aromatic heterocycles. The highest BCUT2D eigenvalue weighted by molar-refractivity contribution is 6.07. The third-order valence-corrected chi connectivity index (χ3v) is 2.74. The van der Waals surface area contributed by atoms with Gasteiger partial charge in [-0.1, -0.05) is 13.0 Å². The van der Waals surface area contributed by atoms with Gasteiger partial charge < -0.3 is 10.1 Å². The van der Waals surface area contributed by atoms with Crippen molar-refractivity contribution in [1.29, 1.82) is 0 Å². The SMILES string of the molecule is CC/C(=N\OCl)Oc1cccc2c1CCC(=O)N2. The average molecular weight is 269 g/mol. The number of carbonyl (C=O) groups is 1. The summed E-state index contributed by atoms with van der Waals surface area (Å²) in [6.45, 7) is 1.88. The van der Waals surface area contributed by atoms with Gasteiger partial charge in [0.15, 0.2) is 11.9 Å². The summed E-state index contributed by atoms with van der Waals surface area (Å²) in [7, 11) is 0. The van der Waals surface area contributed by atoms with E-state index in [0.29, 0.717) is 30.9 Å². The van der Waals surface area contributed by atoms with E-state index in [1.807, 2.05) is 25.1 Å². The fourth-order valence-corrected chi connectivity index (χ4v) is 1.89. The van der Waals surface area contributed by atoms with Crippen LogP contribution in [0.3, 0.4) is 0 Å². The third kappa shape index (κ3) is 2.73. The van der Waals surface area contributed by atoms with E-state index in [9.17, 15) is 4.79 Å². The second-order valence-corrected chi connectivity index (χ2v) is 3.98. The molecule has 1 heterocycles. The molecule has 1 amide bonds. The van der Waals surface area contributed by atoms with Gasteiger partial charge in [0.05, 0.1) is 0 Å². The van der Waals surface area contributed by atoms with Crippen LogP contribution in [0.2, 0.25) is 0 Å². The van der Waals surface area contributed by atoms with Crippen LogP contribution >= 0.6 is 11.9 Å². The highest BCUT2D eigenvalue weighted by Crippen LogP contribution is 2.31. The molecule has 0 aliphatic carbocycles. The van der Waals surface area contributed by atoms with Crippen LogP contribution in [0.25, 0.3) is 0 Å². The first kappa shape index (κ1) is 12.7. The zero-order valence-corrected chi connectivity index (χ0v) is 10.7. The quantitative estimate of drug-likeness (QED) is 0.521. The van der Waals surface area contributed by atoms with E-state index in [0.717, 1.165) is 11.3 Å². The van der Waals surface area contributed by atoms with E-state index in [2.05, 4.69) is 14.9 Å². The molecule has 0 unspecified atom stereocenters. The Morgan fingerprint density at radius 2 is 2.33 bits per heavy atom. The number of carbonyl (C=O) groups excluding carboxylic acids is 1. The maximum absolute atomic E-state index is 11.3. The number of hydrogen-bond donors (Lipinski definition) is 1. The lowest BCUT2D eigenvalue weighted by atomic mass is 10.0. The van der Waals surface area contributed by atoms with Gasteiger partial charge in [-0.2, -0.15) is 0 Å². The summed E-state index contributed by atoms with van der Waals surface area (Å²) in [5, 5.41) is 6.38. The molecule has 1 aliphatic heterocycles. The fraction of sp³-hybridized carbons (Fsp3) is 0.333. The summed E-state index contributed by atoms with van der Waals surface area (Å²) in [5.74, 6) is 1.07. The predicted octanol–water partition coefficient (Wildman–Crippen LogP) is 2.84. The molecule has 1 aromatic carbocycles. The molecule has 0 radical (unpaired) electrons. The zero-order chi connectivity index (χ0) is 13.0. The Kier molecular flexibility index (Phi) is 4.04. The Morgan fingerprint density at radius 1 is 1.50 bits per heavy atom. The maximum atomic E-state index is 11.3. The number of fused-ring (bicyclic) bond motifs is 1. The number of anilines is 1. The summed E-state index contributed by atoms with van der Waals surface area (Å²) < 4.78 is 9.82. The van der Waals surface area contributed by atoms with Gasteiger partial charge in [0, 0.05) is 24.1 Å². The van der Waals surface area contributed by atoms with Crippen molar-refractivity contribution in [2.45, 2.75) is 26.2 Å². The van der Waals surface area contributed by atoms with E-state index in [4.69, 9.17) is 16.6 Å². The summed E-state index contributed by atoms with van der Waals surface area (Å²) in [6.07, 6.45) is 1.66. The van der Waals surface area contributed by atoms with E-state index in [1.54, 1.807) is 0 Å². The summed E-state index contributed by atoms with van der Waals surface area (Å²) in [5.41, 5.74) is 1.75. The molecular weight excluding hydrogens is 256 g/mol. The van der Waals surface area contributed by atoms with Gasteiger partial charge >= 0.3 is 0 Å². The largest absolute Gasteiger partial charge is 0.439 e. The Balaban J connectivity index is 2.26. The molecule has 0 fully saturated rings. The van der Waals surface area contributed by atoms with E-state index in [-0.39, 0.29) is 5.91 Å². The van der Waals surface area contributed by atoms with E-state index < -0.39 is 0 Å². The lowest BCUT2D eigenvalue weighted by Crippen LogP contribution is -2.20. The normalized spacial score (nSPS) is 14.8.